The predicted molar refractivity (Wildman–Crippen MR) is 122 cm³/mol. The lowest BCUT2D eigenvalue weighted by atomic mass is 10.0. The Morgan fingerprint density at radius 2 is 1.79 bits per heavy atom. The molecule has 1 heterocycles. The van der Waals surface area contributed by atoms with E-state index in [2.05, 4.69) is 4.98 Å². The molecule has 0 aliphatic carbocycles. The molecule has 0 fully saturated rings. The molecule has 2 aromatic carbocycles. The number of aromatic nitrogens is 1. The SMILES string of the molecule is CCC(CO)N(Cc1cc(C)cc(C(F)(F)F)c1)C(=O)c1cccc(OCc2ccccc2)n1. The van der Waals surface area contributed by atoms with Crippen LogP contribution in [0.1, 0.15) is 46.1 Å². The third-order valence-electron chi connectivity index (χ3n) is 5.37. The number of pyridine rings is 1. The number of amides is 1. The van der Waals surface area contributed by atoms with E-state index in [0.717, 1.165) is 17.7 Å². The van der Waals surface area contributed by atoms with Crippen molar-refractivity contribution < 1.29 is 27.8 Å². The van der Waals surface area contributed by atoms with Gasteiger partial charge in [0.05, 0.1) is 18.2 Å². The van der Waals surface area contributed by atoms with E-state index < -0.39 is 23.7 Å². The summed E-state index contributed by atoms with van der Waals surface area (Å²) < 4.78 is 45.6. The topological polar surface area (TPSA) is 62.7 Å². The molecule has 0 saturated carbocycles. The summed E-state index contributed by atoms with van der Waals surface area (Å²) in [4.78, 5) is 19.0. The molecule has 0 aliphatic heterocycles. The van der Waals surface area contributed by atoms with Gasteiger partial charge in [-0.1, -0.05) is 55.0 Å². The van der Waals surface area contributed by atoms with Crippen molar-refractivity contribution in [1.29, 1.82) is 0 Å². The lowest BCUT2D eigenvalue weighted by molar-refractivity contribution is -0.137. The molecular weight excluding hydrogens is 445 g/mol. The Morgan fingerprint density at radius 3 is 2.44 bits per heavy atom. The van der Waals surface area contributed by atoms with E-state index in [1.165, 1.54) is 11.0 Å². The quantitative estimate of drug-likeness (QED) is 0.453. The van der Waals surface area contributed by atoms with Crippen molar-refractivity contribution in [2.75, 3.05) is 6.61 Å². The highest BCUT2D eigenvalue weighted by Crippen LogP contribution is 2.31. The summed E-state index contributed by atoms with van der Waals surface area (Å²) in [6, 6.07) is 17.4. The molecule has 1 unspecified atom stereocenters. The van der Waals surface area contributed by atoms with Gasteiger partial charge < -0.3 is 14.7 Å². The average molecular weight is 473 g/mol. The number of hydrogen-bond donors (Lipinski definition) is 1. The standard InChI is InChI=1S/C26H27F3N2O3/c1-3-22(16-32)31(15-20-12-18(2)13-21(14-20)26(27,28)29)25(33)23-10-7-11-24(30-23)34-17-19-8-5-4-6-9-19/h4-14,22,32H,3,15-17H2,1-2H3. The van der Waals surface area contributed by atoms with E-state index in [0.29, 0.717) is 17.5 Å². The second-order valence-corrected chi connectivity index (χ2v) is 8.02. The van der Waals surface area contributed by atoms with Gasteiger partial charge in [-0.2, -0.15) is 13.2 Å². The summed E-state index contributed by atoms with van der Waals surface area (Å²) in [5.74, 6) is -0.247. The first-order chi connectivity index (χ1) is 16.2. The zero-order valence-corrected chi connectivity index (χ0v) is 19.0. The molecule has 1 N–H and O–H groups in total. The summed E-state index contributed by atoms with van der Waals surface area (Å²) in [6.45, 7) is 3.21. The minimum absolute atomic E-state index is 0.0844. The number of carbonyl (C=O) groups excluding carboxylic acids is 1. The Kier molecular flexibility index (Phi) is 8.28. The Bertz CT molecular complexity index is 1100. The molecule has 5 nitrogen and oxygen atoms in total. The van der Waals surface area contributed by atoms with Gasteiger partial charge in [0.25, 0.3) is 5.91 Å². The molecule has 3 rings (SSSR count). The van der Waals surface area contributed by atoms with Crippen molar-refractivity contribution in [2.24, 2.45) is 0 Å². The second-order valence-electron chi connectivity index (χ2n) is 8.02. The Hall–Kier alpha value is -3.39. The van der Waals surface area contributed by atoms with Crippen LogP contribution in [-0.2, 0) is 19.3 Å². The lowest BCUT2D eigenvalue weighted by Crippen LogP contribution is -2.42. The molecule has 180 valence electrons. The maximum atomic E-state index is 13.4. The molecule has 34 heavy (non-hydrogen) atoms. The van der Waals surface area contributed by atoms with Crippen molar-refractivity contribution in [3.05, 3.63) is 94.7 Å². The van der Waals surface area contributed by atoms with Gasteiger partial charge in [-0.15, -0.1) is 0 Å². The first-order valence-corrected chi connectivity index (χ1v) is 10.9. The minimum atomic E-state index is -4.50. The molecule has 3 aromatic rings. The fraction of sp³-hybridized carbons (Fsp3) is 0.308. The zero-order valence-electron chi connectivity index (χ0n) is 19.0. The molecule has 0 aliphatic rings. The molecule has 0 saturated heterocycles. The van der Waals surface area contributed by atoms with Crippen LogP contribution in [0.4, 0.5) is 13.2 Å². The Labute approximate surface area is 196 Å². The van der Waals surface area contributed by atoms with E-state index in [9.17, 15) is 23.1 Å². The van der Waals surface area contributed by atoms with E-state index in [4.69, 9.17) is 4.74 Å². The molecule has 1 aromatic heterocycles. The van der Waals surface area contributed by atoms with Crippen LogP contribution in [-0.4, -0.2) is 33.5 Å². The highest BCUT2D eigenvalue weighted by molar-refractivity contribution is 5.92. The van der Waals surface area contributed by atoms with Gasteiger partial charge in [0.2, 0.25) is 5.88 Å². The van der Waals surface area contributed by atoms with Crippen LogP contribution in [0.15, 0.2) is 66.7 Å². The monoisotopic (exact) mass is 472 g/mol. The Morgan fingerprint density at radius 1 is 1.06 bits per heavy atom. The van der Waals surface area contributed by atoms with Gasteiger partial charge in [-0.3, -0.25) is 4.79 Å². The minimum Gasteiger partial charge on any atom is -0.473 e. The van der Waals surface area contributed by atoms with Crippen LogP contribution >= 0.6 is 0 Å². The fourth-order valence-electron chi connectivity index (χ4n) is 3.62. The normalized spacial score (nSPS) is 12.3. The fourth-order valence-corrected chi connectivity index (χ4v) is 3.62. The van der Waals surface area contributed by atoms with Crippen LogP contribution < -0.4 is 4.74 Å². The smallest absolute Gasteiger partial charge is 0.416 e. The average Bonchev–Trinajstić information content (AvgIpc) is 2.82. The number of benzene rings is 2. The molecule has 0 bridgehead atoms. The largest absolute Gasteiger partial charge is 0.473 e. The number of aliphatic hydroxyl groups is 1. The van der Waals surface area contributed by atoms with Crippen LogP contribution in [0.2, 0.25) is 0 Å². The number of ether oxygens (including phenoxy) is 1. The van der Waals surface area contributed by atoms with Gasteiger partial charge in [0.1, 0.15) is 12.3 Å². The van der Waals surface area contributed by atoms with Crippen molar-refractivity contribution in [3.63, 3.8) is 0 Å². The Balaban J connectivity index is 1.85. The third kappa shape index (κ3) is 6.57. The highest BCUT2D eigenvalue weighted by Gasteiger charge is 2.32. The number of aryl methyl sites for hydroxylation is 1. The molecular formula is C26H27F3N2O3. The third-order valence-corrected chi connectivity index (χ3v) is 5.37. The number of nitrogens with zero attached hydrogens (tertiary/aromatic N) is 2. The molecule has 1 amide bonds. The summed E-state index contributed by atoms with van der Waals surface area (Å²) in [7, 11) is 0. The number of rotatable bonds is 9. The van der Waals surface area contributed by atoms with E-state index >= 15 is 0 Å². The summed E-state index contributed by atoms with van der Waals surface area (Å²) in [5.41, 5.74) is 1.00. The van der Waals surface area contributed by atoms with Crippen LogP contribution in [0.5, 0.6) is 5.88 Å². The maximum absolute atomic E-state index is 13.4. The second kappa shape index (κ2) is 11.2. The van der Waals surface area contributed by atoms with Gasteiger partial charge in [-0.25, -0.2) is 4.98 Å². The first kappa shape index (κ1) is 25.2. The number of carbonyl (C=O) groups is 1. The van der Waals surface area contributed by atoms with Crippen molar-refractivity contribution >= 4 is 5.91 Å². The zero-order chi connectivity index (χ0) is 24.7. The summed E-state index contributed by atoms with van der Waals surface area (Å²) in [5, 5.41) is 9.85. The van der Waals surface area contributed by atoms with E-state index in [1.807, 2.05) is 30.3 Å². The van der Waals surface area contributed by atoms with Gasteiger partial charge in [-0.05, 0) is 42.7 Å². The summed E-state index contributed by atoms with van der Waals surface area (Å²) in [6.07, 6.45) is -4.08. The van der Waals surface area contributed by atoms with E-state index in [1.54, 1.807) is 32.0 Å². The highest BCUT2D eigenvalue weighted by atomic mass is 19.4. The molecule has 8 heteroatoms. The van der Waals surface area contributed by atoms with Crippen molar-refractivity contribution in [1.82, 2.24) is 9.88 Å². The van der Waals surface area contributed by atoms with Crippen LogP contribution in [0, 0.1) is 6.92 Å². The van der Waals surface area contributed by atoms with Crippen molar-refractivity contribution in [3.8, 4) is 5.88 Å². The number of halogens is 3. The van der Waals surface area contributed by atoms with Gasteiger partial charge in [0, 0.05) is 12.6 Å². The summed E-state index contributed by atoms with van der Waals surface area (Å²) >= 11 is 0. The molecule has 0 spiro atoms. The number of hydrogen-bond acceptors (Lipinski definition) is 4. The molecule has 0 radical (unpaired) electrons. The predicted octanol–water partition coefficient (Wildman–Crippen LogP) is 5.40. The maximum Gasteiger partial charge on any atom is 0.416 e. The van der Waals surface area contributed by atoms with Gasteiger partial charge in [0.15, 0.2) is 0 Å². The van der Waals surface area contributed by atoms with Crippen LogP contribution in [0.25, 0.3) is 0 Å². The lowest BCUT2D eigenvalue weighted by Gasteiger charge is -2.30. The van der Waals surface area contributed by atoms with Crippen molar-refractivity contribution in [2.45, 2.75) is 45.6 Å². The van der Waals surface area contributed by atoms with Gasteiger partial charge >= 0.3 is 6.18 Å². The first-order valence-electron chi connectivity index (χ1n) is 10.9. The van der Waals surface area contributed by atoms with Crippen LogP contribution in [0.3, 0.4) is 0 Å². The number of alkyl halides is 3. The van der Waals surface area contributed by atoms with E-state index in [-0.39, 0.29) is 31.3 Å². The molecule has 1 atom stereocenters. The number of aliphatic hydroxyl groups excluding tert-OH is 1.